The molecule has 0 amide bonds. The van der Waals surface area contributed by atoms with Gasteiger partial charge in [0.05, 0.1) is 16.3 Å². The molecule has 1 aromatic heterocycles. The van der Waals surface area contributed by atoms with Crippen LogP contribution in [0.2, 0.25) is 5.02 Å². The van der Waals surface area contributed by atoms with E-state index in [9.17, 15) is 17.2 Å². The number of aromatic nitrogens is 1. The van der Waals surface area contributed by atoms with Crippen LogP contribution in [0.1, 0.15) is 5.56 Å². The molecule has 0 radical (unpaired) electrons. The molecule has 0 spiro atoms. The summed E-state index contributed by atoms with van der Waals surface area (Å²) in [6.45, 7) is -0.152. The Labute approximate surface area is 165 Å². The van der Waals surface area contributed by atoms with Crippen molar-refractivity contribution in [2.24, 2.45) is 0 Å². The molecular formula is C21H14ClF2NO2S. The number of hydrogen-bond donors (Lipinski definition) is 0. The summed E-state index contributed by atoms with van der Waals surface area (Å²) in [4.78, 5) is 0.166. The number of hydrogen-bond acceptors (Lipinski definition) is 2. The molecule has 0 bridgehead atoms. The van der Waals surface area contributed by atoms with Crippen molar-refractivity contribution in [3.8, 4) is 0 Å². The summed E-state index contributed by atoms with van der Waals surface area (Å²) in [5.74, 6) is -1.38. The normalized spacial score (nSPS) is 11.8. The molecule has 0 fully saturated rings. The first kappa shape index (κ1) is 18.7. The van der Waals surface area contributed by atoms with Gasteiger partial charge in [0.2, 0.25) is 9.84 Å². The standard InChI is InChI=1S/C21H14ClF2NO2S/c22-14-9-10-20-16(11-14)21(28(26,27)15-5-2-1-3-6-15)13-25(20)12-17-18(23)7-4-8-19(17)24/h1-11,13H,12H2. The quantitative estimate of drug-likeness (QED) is 0.442. The third-order valence-corrected chi connectivity index (χ3v) is 6.57. The molecule has 3 aromatic carbocycles. The second kappa shape index (κ2) is 7.04. The highest BCUT2D eigenvalue weighted by Gasteiger charge is 2.24. The van der Waals surface area contributed by atoms with E-state index in [4.69, 9.17) is 11.6 Å². The van der Waals surface area contributed by atoms with Gasteiger partial charge in [-0.25, -0.2) is 17.2 Å². The van der Waals surface area contributed by atoms with Gasteiger partial charge < -0.3 is 4.57 Å². The second-order valence-corrected chi connectivity index (χ2v) is 8.65. The van der Waals surface area contributed by atoms with Crippen molar-refractivity contribution in [2.75, 3.05) is 0 Å². The van der Waals surface area contributed by atoms with Crippen LogP contribution >= 0.6 is 11.6 Å². The first-order valence-electron chi connectivity index (χ1n) is 8.39. The zero-order valence-corrected chi connectivity index (χ0v) is 16.0. The van der Waals surface area contributed by atoms with Gasteiger partial charge >= 0.3 is 0 Å². The van der Waals surface area contributed by atoms with Crippen molar-refractivity contribution in [1.82, 2.24) is 4.57 Å². The Morgan fingerprint density at radius 3 is 2.25 bits per heavy atom. The van der Waals surface area contributed by atoms with E-state index in [-0.39, 0.29) is 21.9 Å². The summed E-state index contributed by atoms with van der Waals surface area (Å²) in [6, 6.07) is 16.4. The van der Waals surface area contributed by atoms with Crippen LogP contribution < -0.4 is 0 Å². The Hall–Kier alpha value is -2.70. The van der Waals surface area contributed by atoms with Crippen LogP contribution in [-0.2, 0) is 16.4 Å². The van der Waals surface area contributed by atoms with Crippen LogP contribution in [0.4, 0.5) is 8.78 Å². The van der Waals surface area contributed by atoms with Crippen molar-refractivity contribution in [3.63, 3.8) is 0 Å². The zero-order chi connectivity index (χ0) is 19.9. The molecule has 0 N–H and O–H groups in total. The first-order chi connectivity index (χ1) is 13.4. The molecule has 0 aliphatic carbocycles. The van der Waals surface area contributed by atoms with Gasteiger partial charge in [0.25, 0.3) is 0 Å². The summed E-state index contributed by atoms with van der Waals surface area (Å²) >= 11 is 6.08. The molecule has 4 rings (SSSR count). The average molecular weight is 418 g/mol. The van der Waals surface area contributed by atoms with Crippen LogP contribution in [0, 0.1) is 11.6 Å². The minimum atomic E-state index is -3.84. The highest BCUT2D eigenvalue weighted by molar-refractivity contribution is 7.91. The lowest BCUT2D eigenvalue weighted by Gasteiger charge is -2.08. The number of benzene rings is 3. The molecule has 0 unspecified atom stereocenters. The molecular weight excluding hydrogens is 404 g/mol. The van der Waals surface area contributed by atoms with Crippen molar-refractivity contribution >= 4 is 32.3 Å². The number of rotatable bonds is 4. The van der Waals surface area contributed by atoms with Gasteiger partial charge in [0.15, 0.2) is 0 Å². The third-order valence-electron chi connectivity index (χ3n) is 4.54. The fraction of sp³-hybridized carbons (Fsp3) is 0.0476. The lowest BCUT2D eigenvalue weighted by molar-refractivity contribution is 0.546. The Balaban J connectivity index is 1.93. The van der Waals surface area contributed by atoms with Crippen LogP contribution in [-0.4, -0.2) is 13.0 Å². The van der Waals surface area contributed by atoms with Crippen LogP contribution in [0.5, 0.6) is 0 Å². The zero-order valence-electron chi connectivity index (χ0n) is 14.4. The molecule has 0 saturated heterocycles. The van der Waals surface area contributed by atoms with E-state index in [0.717, 1.165) is 0 Å². The predicted octanol–water partition coefficient (Wildman–Crippen LogP) is 5.45. The predicted molar refractivity (Wildman–Crippen MR) is 104 cm³/mol. The summed E-state index contributed by atoms with van der Waals surface area (Å²) in [7, 11) is -3.84. The second-order valence-electron chi connectivity index (χ2n) is 6.30. The van der Waals surface area contributed by atoms with Gasteiger partial charge in [0.1, 0.15) is 11.6 Å². The molecule has 4 aromatic rings. The number of nitrogens with zero attached hydrogens (tertiary/aromatic N) is 1. The summed E-state index contributed by atoms with van der Waals surface area (Å²) in [5, 5.41) is 0.764. The van der Waals surface area contributed by atoms with Crippen molar-refractivity contribution in [2.45, 2.75) is 16.3 Å². The maximum Gasteiger partial charge on any atom is 0.208 e. The smallest absolute Gasteiger partial charge is 0.208 e. The van der Waals surface area contributed by atoms with E-state index in [0.29, 0.717) is 15.9 Å². The Morgan fingerprint density at radius 2 is 1.57 bits per heavy atom. The molecule has 0 aliphatic heterocycles. The van der Waals surface area contributed by atoms with Crippen LogP contribution in [0.25, 0.3) is 10.9 Å². The number of fused-ring (bicyclic) bond motifs is 1. The van der Waals surface area contributed by atoms with Crippen molar-refractivity contribution < 1.29 is 17.2 Å². The Morgan fingerprint density at radius 1 is 0.893 bits per heavy atom. The lowest BCUT2D eigenvalue weighted by atomic mass is 10.2. The fourth-order valence-corrected chi connectivity index (χ4v) is 4.82. The van der Waals surface area contributed by atoms with E-state index in [1.807, 2.05) is 0 Å². The van der Waals surface area contributed by atoms with Gasteiger partial charge in [-0.1, -0.05) is 35.9 Å². The van der Waals surface area contributed by atoms with Crippen molar-refractivity contribution in [3.05, 3.63) is 95.1 Å². The molecule has 28 heavy (non-hydrogen) atoms. The maximum absolute atomic E-state index is 14.1. The molecule has 142 valence electrons. The van der Waals surface area contributed by atoms with E-state index < -0.39 is 21.5 Å². The fourth-order valence-electron chi connectivity index (χ4n) is 3.16. The van der Waals surface area contributed by atoms with Gasteiger partial charge in [-0.2, -0.15) is 0 Å². The lowest BCUT2D eigenvalue weighted by Crippen LogP contribution is -2.04. The summed E-state index contributed by atoms with van der Waals surface area (Å²) in [6.07, 6.45) is 1.40. The van der Waals surface area contributed by atoms with Crippen LogP contribution in [0.15, 0.2) is 82.7 Å². The number of sulfone groups is 1. The molecule has 0 aliphatic rings. The van der Waals surface area contributed by atoms with Gasteiger partial charge in [-0.05, 0) is 42.5 Å². The molecule has 1 heterocycles. The molecule has 7 heteroatoms. The minimum absolute atomic E-state index is 0.0351. The third kappa shape index (κ3) is 3.19. The Kier molecular flexibility index (Phi) is 4.69. The first-order valence-corrected chi connectivity index (χ1v) is 10.3. The average Bonchev–Trinajstić information content (AvgIpc) is 3.04. The Bertz CT molecular complexity index is 1260. The largest absolute Gasteiger partial charge is 0.341 e. The SMILES string of the molecule is O=S(=O)(c1ccccc1)c1cn(Cc2c(F)cccc2F)c2ccc(Cl)cc12. The molecule has 0 atom stereocenters. The highest BCUT2D eigenvalue weighted by Crippen LogP contribution is 2.32. The van der Waals surface area contributed by atoms with Gasteiger partial charge in [-0.3, -0.25) is 0 Å². The van der Waals surface area contributed by atoms with E-state index in [1.165, 1.54) is 41.1 Å². The highest BCUT2D eigenvalue weighted by atomic mass is 35.5. The molecule has 3 nitrogen and oxygen atoms in total. The summed E-state index contributed by atoms with van der Waals surface area (Å²) in [5.41, 5.74) is 0.375. The monoisotopic (exact) mass is 417 g/mol. The van der Waals surface area contributed by atoms with Crippen LogP contribution in [0.3, 0.4) is 0 Å². The van der Waals surface area contributed by atoms with Crippen molar-refractivity contribution in [1.29, 1.82) is 0 Å². The van der Waals surface area contributed by atoms with E-state index in [1.54, 1.807) is 36.4 Å². The van der Waals surface area contributed by atoms with E-state index >= 15 is 0 Å². The minimum Gasteiger partial charge on any atom is -0.341 e. The maximum atomic E-state index is 14.1. The molecule has 0 saturated carbocycles. The number of halogens is 3. The topological polar surface area (TPSA) is 39.1 Å². The summed E-state index contributed by atoms with van der Waals surface area (Å²) < 4.78 is 56.1. The van der Waals surface area contributed by atoms with Gasteiger partial charge in [0, 0.05) is 27.7 Å². The van der Waals surface area contributed by atoms with E-state index in [2.05, 4.69) is 0 Å². The van der Waals surface area contributed by atoms with Gasteiger partial charge in [-0.15, -0.1) is 0 Å².